The summed E-state index contributed by atoms with van der Waals surface area (Å²) in [5.41, 5.74) is 4.18. The number of aromatic nitrogens is 4. The van der Waals surface area contributed by atoms with E-state index in [-0.39, 0.29) is 0 Å². The molecule has 0 saturated carbocycles. The number of hydrazine groups is 1. The average molecular weight is 268 g/mol. The fraction of sp³-hybridized carbons (Fsp3) is 0.300. The van der Waals surface area contributed by atoms with Crippen molar-refractivity contribution in [3.63, 3.8) is 0 Å². The first-order chi connectivity index (χ1) is 8.63. The highest BCUT2D eigenvalue weighted by Crippen LogP contribution is 2.25. The Morgan fingerprint density at radius 1 is 1.50 bits per heavy atom. The lowest BCUT2D eigenvalue weighted by atomic mass is 10.3. The van der Waals surface area contributed by atoms with Gasteiger partial charge in [0.25, 0.3) is 0 Å². The van der Waals surface area contributed by atoms with Gasteiger partial charge in [0.2, 0.25) is 5.95 Å². The topological polar surface area (TPSA) is 93.7 Å². The van der Waals surface area contributed by atoms with E-state index >= 15 is 0 Å². The smallest absolute Gasteiger partial charge is 0.239 e. The number of nitrogen functional groups attached to an aromatic ring is 1. The molecule has 18 heavy (non-hydrogen) atoms. The van der Waals surface area contributed by atoms with Gasteiger partial charge in [0, 0.05) is 13.2 Å². The molecule has 2 heterocycles. The highest BCUT2D eigenvalue weighted by atomic mass is 35.5. The average Bonchev–Trinajstić information content (AvgIpc) is 2.72. The predicted molar refractivity (Wildman–Crippen MR) is 70.7 cm³/mol. The van der Waals surface area contributed by atoms with Gasteiger partial charge in [0.15, 0.2) is 5.82 Å². The van der Waals surface area contributed by atoms with Crippen LogP contribution in [0.4, 0.5) is 17.5 Å². The number of nitrogens with two attached hydrogens (primary N) is 1. The molecule has 0 fully saturated rings. The van der Waals surface area contributed by atoms with Crippen LogP contribution in [0, 0.1) is 0 Å². The number of nitrogens with one attached hydrogen (secondary N) is 2. The van der Waals surface area contributed by atoms with Gasteiger partial charge >= 0.3 is 0 Å². The Kier molecular flexibility index (Phi) is 3.63. The number of aryl methyl sites for hydroxylation is 2. The number of hydrogen-bond donors (Lipinski definition) is 3. The van der Waals surface area contributed by atoms with Gasteiger partial charge in [-0.25, -0.2) is 10.8 Å². The Hall–Kier alpha value is -1.86. The minimum atomic E-state index is 0.295. The molecule has 0 aliphatic rings. The van der Waals surface area contributed by atoms with Gasteiger partial charge in [-0.15, -0.1) is 0 Å². The fourth-order valence-electron chi connectivity index (χ4n) is 1.55. The maximum atomic E-state index is 6.02. The molecule has 0 spiro atoms. The summed E-state index contributed by atoms with van der Waals surface area (Å²) in [4.78, 5) is 8.05. The molecule has 0 atom stereocenters. The molecule has 0 aromatic carbocycles. The first kappa shape index (κ1) is 12.6. The third-order valence-electron chi connectivity index (χ3n) is 2.37. The van der Waals surface area contributed by atoms with Gasteiger partial charge < -0.3 is 5.32 Å². The van der Waals surface area contributed by atoms with Crippen LogP contribution in [0.5, 0.6) is 0 Å². The van der Waals surface area contributed by atoms with E-state index in [4.69, 9.17) is 17.4 Å². The van der Waals surface area contributed by atoms with Crippen molar-refractivity contribution in [2.75, 3.05) is 10.7 Å². The van der Waals surface area contributed by atoms with Crippen LogP contribution in [0.2, 0.25) is 5.02 Å². The minimum absolute atomic E-state index is 0.295. The molecule has 2 aromatic heterocycles. The van der Waals surface area contributed by atoms with Crippen LogP contribution in [-0.4, -0.2) is 19.7 Å². The molecule has 0 aliphatic heterocycles. The van der Waals surface area contributed by atoms with Gasteiger partial charge in [0.1, 0.15) is 5.02 Å². The Bertz CT molecular complexity index is 551. The maximum absolute atomic E-state index is 6.02. The van der Waals surface area contributed by atoms with Crippen molar-refractivity contribution >= 4 is 29.1 Å². The Morgan fingerprint density at radius 3 is 2.94 bits per heavy atom. The zero-order valence-electron chi connectivity index (χ0n) is 10.1. The predicted octanol–water partition coefficient (Wildman–Crippen LogP) is 1.46. The van der Waals surface area contributed by atoms with Crippen LogP contribution in [0.15, 0.2) is 12.4 Å². The standard InChI is InChI=1S/C10H14ClN7/c1-3-7-8(5-18(2)17-7)14-9-6(11)4-13-10(15-9)16-12/h4-5H,3,12H2,1-2H3,(H2,13,14,15,16). The van der Waals surface area contributed by atoms with Crippen molar-refractivity contribution in [2.45, 2.75) is 13.3 Å². The van der Waals surface area contributed by atoms with Crippen LogP contribution in [0.1, 0.15) is 12.6 Å². The van der Waals surface area contributed by atoms with Crippen LogP contribution in [-0.2, 0) is 13.5 Å². The number of hydrogen-bond acceptors (Lipinski definition) is 6. The van der Waals surface area contributed by atoms with Crippen LogP contribution in [0.25, 0.3) is 0 Å². The molecule has 0 saturated heterocycles. The minimum Gasteiger partial charge on any atom is -0.336 e. The number of anilines is 3. The number of nitrogens with zero attached hydrogens (tertiary/aromatic N) is 4. The number of rotatable bonds is 4. The number of halogens is 1. The molecule has 2 aromatic rings. The van der Waals surface area contributed by atoms with E-state index in [9.17, 15) is 0 Å². The van der Waals surface area contributed by atoms with E-state index in [1.165, 1.54) is 6.20 Å². The molecule has 0 aliphatic carbocycles. The largest absolute Gasteiger partial charge is 0.336 e. The second-order valence-corrected chi connectivity index (χ2v) is 4.08. The summed E-state index contributed by atoms with van der Waals surface area (Å²) in [6, 6.07) is 0. The van der Waals surface area contributed by atoms with Gasteiger partial charge in [-0.2, -0.15) is 10.1 Å². The van der Waals surface area contributed by atoms with Crippen LogP contribution < -0.4 is 16.6 Å². The molecule has 0 amide bonds. The maximum Gasteiger partial charge on any atom is 0.239 e. The monoisotopic (exact) mass is 267 g/mol. The highest BCUT2D eigenvalue weighted by molar-refractivity contribution is 6.32. The van der Waals surface area contributed by atoms with Crippen molar-refractivity contribution < 1.29 is 0 Å². The molecule has 0 unspecified atom stereocenters. The highest BCUT2D eigenvalue weighted by Gasteiger charge is 2.10. The third kappa shape index (κ3) is 2.52. The van der Waals surface area contributed by atoms with Gasteiger partial charge in [-0.05, 0) is 6.42 Å². The molecule has 4 N–H and O–H groups in total. The van der Waals surface area contributed by atoms with Gasteiger partial charge in [-0.3, -0.25) is 10.1 Å². The lowest BCUT2D eigenvalue weighted by Gasteiger charge is -2.07. The Balaban J connectivity index is 2.32. The molecule has 8 heteroatoms. The molecule has 96 valence electrons. The summed E-state index contributed by atoms with van der Waals surface area (Å²) in [6.45, 7) is 2.03. The summed E-state index contributed by atoms with van der Waals surface area (Å²) < 4.78 is 1.73. The van der Waals surface area contributed by atoms with Crippen molar-refractivity contribution in [3.05, 3.63) is 23.1 Å². The van der Waals surface area contributed by atoms with E-state index in [2.05, 4.69) is 25.8 Å². The fourth-order valence-corrected chi connectivity index (χ4v) is 1.69. The zero-order chi connectivity index (χ0) is 13.1. The summed E-state index contributed by atoms with van der Waals surface area (Å²) in [7, 11) is 1.86. The van der Waals surface area contributed by atoms with Crippen molar-refractivity contribution in [1.82, 2.24) is 19.7 Å². The first-order valence-corrected chi connectivity index (χ1v) is 5.80. The molecule has 7 nitrogen and oxygen atoms in total. The molecular formula is C10H14ClN7. The summed E-state index contributed by atoms with van der Waals surface area (Å²) in [5, 5.41) is 7.87. The van der Waals surface area contributed by atoms with Crippen LogP contribution >= 0.6 is 11.6 Å². The van der Waals surface area contributed by atoms with E-state index in [1.807, 2.05) is 20.2 Å². The van der Waals surface area contributed by atoms with Crippen LogP contribution in [0.3, 0.4) is 0 Å². The zero-order valence-corrected chi connectivity index (χ0v) is 10.9. The van der Waals surface area contributed by atoms with E-state index in [0.29, 0.717) is 16.8 Å². The Morgan fingerprint density at radius 2 is 2.28 bits per heavy atom. The lowest BCUT2D eigenvalue weighted by molar-refractivity contribution is 0.746. The molecule has 0 radical (unpaired) electrons. The van der Waals surface area contributed by atoms with Crippen molar-refractivity contribution in [2.24, 2.45) is 12.9 Å². The van der Waals surface area contributed by atoms with Gasteiger partial charge in [-0.1, -0.05) is 18.5 Å². The van der Waals surface area contributed by atoms with E-state index < -0.39 is 0 Å². The second-order valence-electron chi connectivity index (χ2n) is 3.68. The molecule has 0 bridgehead atoms. The van der Waals surface area contributed by atoms with E-state index in [0.717, 1.165) is 17.8 Å². The summed E-state index contributed by atoms with van der Waals surface area (Å²) >= 11 is 6.02. The third-order valence-corrected chi connectivity index (χ3v) is 2.64. The molecular weight excluding hydrogens is 254 g/mol. The SMILES string of the molecule is CCc1nn(C)cc1Nc1nc(NN)ncc1Cl. The van der Waals surface area contributed by atoms with Gasteiger partial charge in [0.05, 0.1) is 17.6 Å². The summed E-state index contributed by atoms with van der Waals surface area (Å²) in [5.74, 6) is 6.04. The second kappa shape index (κ2) is 5.19. The molecule has 2 rings (SSSR count). The first-order valence-electron chi connectivity index (χ1n) is 5.42. The van der Waals surface area contributed by atoms with E-state index in [1.54, 1.807) is 4.68 Å². The summed E-state index contributed by atoms with van der Waals surface area (Å²) in [6.07, 6.45) is 4.16. The Labute approximate surface area is 109 Å². The quantitative estimate of drug-likeness (QED) is 0.573. The normalized spacial score (nSPS) is 10.4. The van der Waals surface area contributed by atoms with Crippen molar-refractivity contribution in [1.29, 1.82) is 0 Å². The van der Waals surface area contributed by atoms with Crippen molar-refractivity contribution in [3.8, 4) is 0 Å². The lowest BCUT2D eigenvalue weighted by Crippen LogP contribution is -2.11.